The fraction of sp³-hybridized carbons (Fsp3) is 0.333. The molecule has 5 nitrogen and oxygen atoms in total. The minimum atomic E-state index is -0.536. The molecule has 0 unspecified atom stereocenters. The number of allylic oxidation sites excluding steroid dienone is 1. The highest BCUT2D eigenvalue weighted by atomic mass is 32.2. The largest absolute Gasteiger partial charge is 0.510 e. The number of nitrogens with zero attached hydrogens (tertiary/aromatic N) is 1. The SMILES string of the molecule is C=C(CCc1cccc(N=C2SCC(O)=C2C(=O)OCC)c1)OC. The van der Waals surface area contributed by atoms with Crippen LogP contribution in [0.3, 0.4) is 0 Å². The van der Waals surface area contributed by atoms with Crippen LogP contribution in [-0.2, 0) is 20.7 Å². The number of ether oxygens (including phenoxy) is 2. The summed E-state index contributed by atoms with van der Waals surface area (Å²) in [4.78, 5) is 16.5. The molecule has 1 aromatic rings. The van der Waals surface area contributed by atoms with Crippen molar-refractivity contribution in [2.45, 2.75) is 19.8 Å². The highest BCUT2D eigenvalue weighted by molar-refractivity contribution is 8.15. The Balaban J connectivity index is 2.18. The van der Waals surface area contributed by atoms with Gasteiger partial charge in [-0.25, -0.2) is 9.79 Å². The van der Waals surface area contributed by atoms with E-state index in [0.29, 0.717) is 10.8 Å². The van der Waals surface area contributed by atoms with Crippen molar-refractivity contribution in [3.05, 3.63) is 53.5 Å². The first-order chi connectivity index (χ1) is 11.5. The molecule has 0 saturated carbocycles. The van der Waals surface area contributed by atoms with Gasteiger partial charge < -0.3 is 14.6 Å². The van der Waals surface area contributed by atoms with Gasteiger partial charge in [-0.2, -0.15) is 0 Å². The number of rotatable bonds is 7. The van der Waals surface area contributed by atoms with Crippen molar-refractivity contribution in [2.24, 2.45) is 4.99 Å². The third-order valence-corrected chi connectivity index (χ3v) is 4.44. The van der Waals surface area contributed by atoms with E-state index in [9.17, 15) is 9.90 Å². The van der Waals surface area contributed by atoms with E-state index in [0.717, 1.165) is 29.9 Å². The van der Waals surface area contributed by atoms with Crippen LogP contribution in [-0.4, -0.2) is 35.6 Å². The molecule has 0 atom stereocenters. The predicted octanol–water partition coefficient (Wildman–Crippen LogP) is 3.93. The van der Waals surface area contributed by atoms with Crippen LogP contribution < -0.4 is 0 Å². The van der Waals surface area contributed by atoms with E-state index in [-0.39, 0.29) is 17.9 Å². The van der Waals surface area contributed by atoms with Crippen molar-refractivity contribution in [3.63, 3.8) is 0 Å². The van der Waals surface area contributed by atoms with Gasteiger partial charge in [0.2, 0.25) is 0 Å². The predicted molar refractivity (Wildman–Crippen MR) is 96.8 cm³/mol. The highest BCUT2D eigenvalue weighted by Gasteiger charge is 2.29. The summed E-state index contributed by atoms with van der Waals surface area (Å²) in [5.74, 6) is 0.548. The molecule has 0 bridgehead atoms. The van der Waals surface area contributed by atoms with Gasteiger partial charge in [0.15, 0.2) is 0 Å². The van der Waals surface area contributed by atoms with E-state index in [4.69, 9.17) is 9.47 Å². The lowest BCUT2D eigenvalue weighted by atomic mass is 10.1. The van der Waals surface area contributed by atoms with Gasteiger partial charge >= 0.3 is 5.97 Å². The van der Waals surface area contributed by atoms with Crippen LogP contribution in [0.2, 0.25) is 0 Å². The van der Waals surface area contributed by atoms with Crippen molar-refractivity contribution in [2.75, 3.05) is 19.5 Å². The minimum Gasteiger partial charge on any atom is -0.510 e. The number of methoxy groups -OCH3 is 1. The smallest absolute Gasteiger partial charge is 0.344 e. The van der Waals surface area contributed by atoms with E-state index in [2.05, 4.69) is 11.6 Å². The molecule has 0 saturated heterocycles. The lowest BCUT2D eigenvalue weighted by Gasteiger charge is -2.06. The summed E-state index contributed by atoms with van der Waals surface area (Å²) in [5.41, 5.74) is 2.00. The summed E-state index contributed by atoms with van der Waals surface area (Å²) in [7, 11) is 1.61. The van der Waals surface area contributed by atoms with Crippen molar-refractivity contribution >= 4 is 28.5 Å². The lowest BCUT2D eigenvalue weighted by molar-refractivity contribution is -0.138. The Morgan fingerprint density at radius 1 is 1.46 bits per heavy atom. The maximum Gasteiger partial charge on any atom is 0.344 e. The van der Waals surface area contributed by atoms with Crippen LogP contribution in [0, 0.1) is 0 Å². The van der Waals surface area contributed by atoms with E-state index in [1.165, 1.54) is 11.8 Å². The number of thioether (sulfide) groups is 1. The number of carbonyl (C=O) groups excluding carboxylic acids is 1. The van der Waals surface area contributed by atoms with Crippen molar-refractivity contribution in [1.29, 1.82) is 0 Å². The van der Waals surface area contributed by atoms with Gasteiger partial charge in [-0.3, -0.25) is 0 Å². The molecule has 1 aliphatic rings. The Bertz CT molecular complexity index is 694. The first kappa shape index (κ1) is 18.1. The Morgan fingerprint density at radius 3 is 2.96 bits per heavy atom. The molecule has 0 aliphatic carbocycles. The Morgan fingerprint density at radius 2 is 2.25 bits per heavy atom. The molecule has 1 aromatic carbocycles. The van der Waals surface area contributed by atoms with Crippen LogP contribution >= 0.6 is 11.8 Å². The number of carbonyl (C=O) groups is 1. The second kappa shape index (κ2) is 8.59. The average molecular weight is 347 g/mol. The van der Waals surface area contributed by atoms with Gasteiger partial charge in [0.05, 0.1) is 30.9 Å². The van der Waals surface area contributed by atoms with Gasteiger partial charge in [-0.05, 0) is 31.0 Å². The maximum absolute atomic E-state index is 12.0. The van der Waals surface area contributed by atoms with E-state index in [1.54, 1.807) is 14.0 Å². The zero-order chi connectivity index (χ0) is 17.5. The number of hydrogen-bond donors (Lipinski definition) is 1. The number of benzene rings is 1. The quantitative estimate of drug-likeness (QED) is 0.598. The van der Waals surface area contributed by atoms with Crippen LogP contribution in [0.1, 0.15) is 18.9 Å². The second-order valence-corrected chi connectivity index (χ2v) is 6.12. The zero-order valence-corrected chi connectivity index (χ0v) is 14.7. The van der Waals surface area contributed by atoms with Gasteiger partial charge in [-0.1, -0.05) is 30.5 Å². The van der Waals surface area contributed by atoms with Gasteiger partial charge in [-0.15, -0.1) is 0 Å². The molecule has 0 radical (unpaired) electrons. The Hall–Kier alpha value is -2.21. The zero-order valence-electron chi connectivity index (χ0n) is 13.9. The number of aliphatic hydroxyl groups is 1. The average Bonchev–Trinajstić information content (AvgIpc) is 2.93. The molecule has 1 aliphatic heterocycles. The number of esters is 1. The van der Waals surface area contributed by atoms with Crippen LogP contribution in [0.15, 0.2) is 52.9 Å². The third-order valence-electron chi connectivity index (χ3n) is 3.45. The van der Waals surface area contributed by atoms with E-state index >= 15 is 0 Å². The summed E-state index contributed by atoms with van der Waals surface area (Å²) < 4.78 is 10.1. The summed E-state index contributed by atoms with van der Waals surface area (Å²) in [6, 6.07) is 7.74. The van der Waals surface area contributed by atoms with E-state index < -0.39 is 5.97 Å². The number of aryl methyl sites for hydroxylation is 1. The standard InChI is InChI=1S/C18H21NO4S/c1-4-23-18(21)16-15(20)11-24-17(16)19-14-7-5-6-13(10-14)9-8-12(2)22-3/h5-7,10,20H,2,4,8-9,11H2,1,3H3. The second-order valence-electron chi connectivity index (χ2n) is 5.16. The van der Waals surface area contributed by atoms with E-state index in [1.807, 2.05) is 24.3 Å². The molecule has 1 heterocycles. The number of hydrogen-bond acceptors (Lipinski definition) is 6. The molecular formula is C18H21NO4S. The summed E-state index contributed by atoms with van der Waals surface area (Å²) in [6.07, 6.45) is 1.53. The Kier molecular flexibility index (Phi) is 6.49. The molecule has 1 N–H and O–H groups in total. The maximum atomic E-state index is 12.0. The molecule has 0 spiro atoms. The first-order valence-corrected chi connectivity index (χ1v) is 8.65. The first-order valence-electron chi connectivity index (χ1n) is 7.67. The molecular weight excluding hydrogens is 326 g/mol. The minimum absolute atomic E-state index is 0.0183. The van der Waals surface area contributed by atoms with Crippen LogP contribution in [0.4, 0.5) is 5.69 Å². The molecule has 0 fully saturated rings. The molecule has 6 heteroatoms. The topological polar surface area (TPSA) is 68.1 Å². The third kappa shape index (κ3) is 4.64. The fourth-order valence-electron chi connectivity index (χ4n) is 2.19. The van der Waals surface area contributed by atoms with Crippen LogP contribution in [0.5, 0.6) is 0 Å². The summed E-state index contributed by atoms with van der Waals surface area (Å²) >= 11 is 1.33. The number of aliphatic imine (C=N–C) groups is 1. The monoisotopic (exact) mass is 347 g/mol. The molecule has 2 rings (SSSR count). The van der Waals surface area contributed by atoms with Gasteiger partial charge in [0.25, 0.3) is 0 Å². The molecule has 0 aromatic heterocycles. The van der Waals surface area contributed by atoms with Crippen LogP contribution in [0.25, 0.3) is 0 Å². The van der Waals surface area contributed by atoms with Crippen molar-refractivity contribution in [3.8, 4) is 0 Å². The highest BCUT2D eigenvalue weighted by Crippen LogP contribution is 2.30. The van der Waals surface area contributed by atoms with Gasteiger partial charge in [0, 0.05) is 6.42 Å². The number of aliphatic hydroxyl groups excluding tert-OH is 1. The van der Waals surface area contributed by atoms with Crippen molar-refractivity contribution < 1.29 is 19.4 Å². The fourth-order valence-corrected chi connectivity index (χ4v) is 3.12. The molecule has 24 heavy (non-hydrogen) atoms. The normalized spacial score (nSPS) is 15.7. The lowest BCUT2D eigenvalue weighted by Crippen LogP contribution is -2.12. The molecule has 128 valence electrons. The summed E-state index contributed by atoms with van der Waals surface area (Å²) in [5, 5.41) is 10.4. The van der Waals surface area contributed by atoms with Gasteiger partial charge in [0.1, 0.15) is 16.4 Å². The Labute approximate surface area is 146 Å². The summed E-state index contributed by atoms with van der Waals surface area (Å²) in [6.45, 7) is 5.79. The molecule has 0 amide bonds. The van der Waals surface area contributed by atoms with Crippen molar-refractivity contribution in [1.82, 2.24) is 0 Å².